The van der Waals surface area contributed by atoms with Crippen molar-refractivity contribution in [1.29, 1.82) is 0 Å². The first kappa shape index (κ1) is 19.7. The third-order valence-corrected chi connectivity index (χ3v) is 5.82. The van der Waals surface area contributed by atoms with Crippen LogP contribution in [0.1, 0.15) is 22.7 Å². The van der Waals surface area contributed by atoms with Crippen LogP contribution in [0.25, 0.3) is 0 Å². The van der Waals surface area contributed by atoms with E-state index in [4.69, 9.17) is 4.74 Å². The Morgan fingerprint density at radius 3 is 2.52 bits per heavy atom. The first-order valence-electron chi connectivity index (χ1n) is 8.58. The van der Waals surface area contributed by atoms with E-state index in [2.05, 4.69) is 4.72 Å². The number of halogens is 2. The molecule has 5 nitrogen and oxygen atoms in total. The minimum absolute atomic E-state index is 0.0658. The summed E-state index contributed by atoms with van der Waals surface area (Å²) in [6, 6.07) is 8.42. The molecule has 0 spiro atoms. The van der Waals surface area contributed by atoms with Gasteiger partial charge in [-0.1, -0.05) is 12.1 Å². The number of rotatable bonds is 7. The maximum atomic E-state index is 13.3. The van der Waals surface area contributed by atoms with E-state index in [1.807, 2.05) is 37.2 Å². The van der Waals surface area contributed by atoms with E-state index in [1.165, 1.54) is 0 Å². The second kappa shape index (κ2) is 7.92. The highest BCUT2D eigenvalue weighted by molar-refractivity contribution is 7.88. The normalized spacial score (nSPS) is 14.9. The van der Waals surface area contributed by atoms with Gasteiger partial charge in [0, 0.05) is 25.1 Å². The summed E-state index contributed by atoms with van der Waals surface area (Å²) < 4.78 is 59.4. The van der Waals surface area contributed by atoms with E-state index in [0.29, 0.717) is 12.7 Å². The molecule has 0 saturated heterocycles. The summed E-state index contributed by atoms with van der Waals surface area (Å²) in [5.41, 5.74) is 2.15. The first-order valence-corrected chi connectivity index (χ1v) is 10.2. The predicted molar refractivity (Wildman–Crippen MR) is 99.1 cm³/mol. The molecule has 146 valence electrons. The summed E-state index contributed by atoms with van der Waals surface area (Å²) in [4.78, 5) is 1.92. The fraction of sp³-hybridized carbons (Fsp3) is 0.368. The van der Waals surface area contributed by atoms with Crippen molar-refractivity contribution in [3.05, 3.63) is 64.7 Å². The molecule has 0 aliphatic carbocycles. The van der Waals surface area contributed by atoms with E-state index in [1.54, 1.807) is 0 Å². The number of hydrogen-bond donors (Lipinski definition) is 1. The Hall–Kier alpha value is -2.03. The van der Waals surface area contributed by atoms with Crippen LogP contribution in [0, 0.1) is 11.6 Å². The minimum Gasteiger partial charge on any atom is -0.493 e. The van der Waals surface area contributed by atoms with Crippen molar-refractivity contribution in [2.24, 2.45) is 0 Å². The molecule has 27 heavy (non-hydrogen) atoms. The largest absolute Gasteiger partial charge is 0.493 e. The molecular formula is C19H22F2N2O3S. The smallest absolute Gasteiger partial charge is 0.215 e. The number of fused-ring (bicyclic) bond motifs is 1. The lowest BCUT2D eigenvalue weighted by molar-refractivity contribution is 0.299. The number of hydrogen-bond acceptors (Lipinski definition) is 4. The molecular weight excluding hydrogens is 374 g/mol. The van der Waals surface area contributed by atoms with Gasteiger partial charge in [-0.05, 0) is 49.0 Å². The molecule has 8 heteroatoms. The fourth-order valence-corrected chi connectivity index (χ4v) is 4.30. The summed E-state index contributed by atoms with van der Waals surface area (Å²) in [7, 11) is -0.0195. The van der Waals surface area contributed by atoms with Crippen molar-refractivity contribution in [2.75, 3.05) is 27.2 Å². The van der Waals surface area contributed by atoms with Crippen molar-refractivity contribution in [1.82, 2.24) is 9.62 Å². The molecule has 1 N–H and O–H groups in total. The van der Waals surface area contributed by atoms with Crippen LogP contribution in [-0.4, -0.2) is 40.6 Å². The van der Waals surface area contributed by atoms with Crippen molar-refractivity contribution in [3.8, 4) is 5.75 Å². The van der Waals surface area contributed by atoms with E-state index < -0.39 is 27.4 Å². The van der Waals surface area contributed by atoms with Gasteiger partial charge in [0.25, 0.3) is 0 Å². The summed E-state index contributed by atoms with van der Waals surface area (Å²) in [5, 5.41) is 0. The van der Waals surface area contributed by atoms with Gasteiger partial charge in [0.05, 0.1) is 12.4 Å². The van der Waals surface area contributed by atoms with Gasteiger partial charge in [0.1, 0.15) is 17.4 Å². The maximum Gasteiger partial charge on any atom is 0.215 e. The average molecular weight is 396 g/mol. The van der Waals surface area contributed by atoms with Gasteiger partial charge in [-0.3, -0.25) is 0 Å². The molecule has 0 radical (unpaired) electrons. The Balaban J connectivity index is 1.71. The highest BCUT2D eigenvalue weighted by Gasteiger charge is 2.21. The first-order chi connectivity index (χ1) is 12.7. The van der Waals surface area contributed by atoms with Gasteiger partial charge < -0.3 is 9.64 Å². The van der Waals surface area contributed by atoms with Crippen LogP contribution in [0.3, 0.4) is 0 Å². The third-order valence-electron chi connectivity index (χ3n) is 4.50. The summed E-state index contributed by atoms with van der Waals surface area (Å²) in [6.07, 6.45) is 0.834. The van der Waals surface area contributed by atoms with Gasteiger partial charge in [-0.15, -0.1) is 0 Å². The second-order valence-electron chi connectivity index (χ2n) is 6.83. The number of nitrogens with zero attached hydrogens (tertiary/aromatic N) is 1. The number of sulfonamides is 1. The van der Waals surface area contributed by atoms with Gasteiger partial charge >= 0.3 is 0 Å². The molecule has 1 unspecified atom stereocenters. The van der Waals surface area contributed by atoms with Crippen LogP contribution in [-0.2, 0) is 22.2 Å². The average Bonchev–Trinajstić information content (AvgIpc) is 3.00. The molecule has 3 rings (SSSR count). The van der Waals surface area contributed by atoms with Gasteiger partial charge in [-0.25, -0.2) is 21.9 Å². The van der Waals surface area contributed by atoms with Crippen molar-refractivity contribution in [2.45, 2.75) is 18.2 Å². The number of likely N-dealkylation sites (N-methyl/N-ethyl adjacent to an activating group) is 1. The highest BCUT2D eigenvalue weighted by Crippen LogP contribution is 2.29. The molecule has 0 fully saturated rings. The zero-order valence-electron chi connectivity index (χ0n) is 15.2. The Morgan fingerprint density at radius 1 is 1.15 bits per heavy atom. The molecule has 0 amide bonds. The van der Waals surface area contributed by atoms with E-state index >= 15 is 0 Å². The van der Waals surface area contributed by atoms with Crippen LogP contribution in [0.4, 0.5) is 8.78 Å². The van der Waals surface area contributed by atoms with Gasteiger partial charge in [-0.2, -0.15) is 0 Å². The van der Waals surface area contributed by atoms with E-state index in [9.17, 15) is 17.2 Å². The Bertz CT molecular complexity index is 912. The fourth-order valence-electron chi connectivity index (χ4n) is 3.18. The topological polar surface area (TPSA) is 58.6 Å². The standard InChI is InChI=1S/C19H22F2N2O3S/c1-23(2)18(14-3-4-19-15(9-14)5-6-26-19)11-22-27(24,25)12-13-7-16(20)10-17(21)8-13/h3-4,7-10,18,22H,5-6,11-12H2,1-2H3. The SMILES string of the molecule is CN(C)C(CNS(=O)(=O)Cc1cc(F)cc(F)c1)c1ccc2c(c1)CCO2. The summed E-state index contributed by atoms with van der Waals surface area (Å²) >= 11 is 0. The van der Waals surface area contributed by atoms with Crippen molar-refractivity contribution < 1.29 is 21.9 Å². The lowest BCUT2D eigenvalue weighted by atomic mass is 10.0. The van der Waals surface area contributed by atoms with E-state index in [0.717, 1.165) is 35.4 Å². The number of nitrogens with one attached hydrogen (secondary N) is 1. The van der Waals surface area contributed by atoms with Gasteiger partial charge in [0.2, 0.25) is 10.0 Å². The zero-order chi connectivity index (χ0) is 19.6. The quantitative estimate of drug-likeness (QED) is 0.782. The lowest BCUT2D eigenvalue weighted by Gasteiger charge is -2.25. The van der Waals surface area contributed by atoms with Crippen LogP contribution >= 0.6 is 0 Å². The maximum absolute atomic E-state index is 13.3. The molecule has 1 heterocycles. The molecule has 2 aromatic rings. The summed E-state index contributed by atoms with van der Waals surface area (Å²) in [5.74, 6) is -1.22. The van der Waals surface area contributed by atoms with Gasteiger partial charge in [0.15, 0.2) is 0 Å². The van der Waals surface area contributed by atoms with Crippen LogP contribution in [0.2, 0.25) is 0 Å². The lowest BCUT2D eigenvalue weighted by Crippen LogP contribution is -2.35. The Kier molecular flexibility index (Phi) is 5.78. The summed E-state index contributed by atoms with van der Waals surface area (Å²) in [6.45, 7) is 0.801. The van der Waals surface area contributed by atoms with Crippen molar-refractivity contribution in [3.63, 3.8) is 0 Å². The van der Waals surface area contributed by atoms with E-state index in [-0.39, 0.29) is 18.2 Å². The third kappa shape index (κ3) is 5.03. The zero-order valence-corrected chi connectivity index (χ0v) is 16.0. The number of benzene rings is 2. The Morgan fingerprint density at radius 2 is 1.85 bits per heavy atom. The highest BCUT2D eigenvalue weighted by atomic mass is 32.2. The molecule has 0 bridgehead atoms. The molecule has 0 aromatic heterocycles. The van der Waals surface area contributed by atoms with Crippen LogP contribution in [0.5, 0.6) is 5.75 Å². The second-order valence-corrected chi connectivity index (χ2v) is 8.64. The molecule has 1 aliphatic rings. The molecule has 2 aromatic carbocycles. The van der Waals surface area contributed by atoms with Crippen LogP contribution < -0.4 is 9.46 Å². The predicted octanol–water partition coefficient (Wildman–Crippen LogP) is 2.62. The van der Waals surface area contributed by atoms with Crippen molar-refractivity contribution >= 4 is 10.0 Å². The minimum atomic E-state index is -3.75. The van der Waals surface area contributed by atoms with Crippen LogP contribution in [0.15, 0.2) is 36.4 Å². The molecule has 1 atom stereocenters. The Labute approximate surface area is 158 Å². The molecule has 0 saturated carbocycles. The monoisotopic (exact) mass is 396 g/mol. The number of ether oxygens (including phenoxy) is 1. The molecule has 1 aliphatic heterocycles.